The van der Waals surface area contributed by atoms with E-state index in [9.17, 15) is 9.59 Å². The number of aryl methyl sites for hydroxylation is 1. The van der Waals surface area contributed by atoms with Gasteiger partial charge in [0, 0.05) is 11.9 Å². The van der Waals surface area contributed by atoms with Crippen molar-refractivity contribution < 1.29 is 14.7 Å². The normalized spacial score (nSPS) is 10.2. The molecule has 0 saturated carbocycles. The molecule has 20 heavy (non-hydrogen) atoms. The molecule has 5 nitrogen and oxygen atoms in total. The van der Waals surface area contributed by atoms with Gasteiger partial charge in [0.1, 0.15) is 12.2 Å². The first-order valence-electron chi connectivity index (χ1n) is 6.37. The van der Waals surface area contributed by atoms with E-state index in [1.807, 2.05) is 31.2 Å². The Morgan fingerprint density at radius 1 is 1.25 bits per heavy atom. The molecule has 1 amide bonds. The van der Waals surface area contributed by atoms with Gasteiger partial charge in [0.2, 0.25) is 0 Å². The molecular formula is C15H16N2O3. The molecule has 1 aromatic heterocycles. The third kappa shape index (κ3) is 3.26. The van der Waals surface area contributed by atoms with Gasteiger partial charge in [-0.1, -0.05) is 19.1 Å². The topological polar surface area (TPSA) is 71.3 Å². The molecule has 0 atom stereocenters. The first-order chi connectivity index (χ1) is 9.60. The molecule has 0 aliphatic heterocycles. The fraction of sp³-hybridized carbons (Fsp3) is 0.200. The number of aliphatic carboxylic acids is 1. The third-order valence-electron chi connectivity index (χ3n) is 2.96. The summed E-state index contributed by atoms with van der Waals surface area (Å²) in [5.41, 5.74) is 2.16. The second kappa shape index (κ2) is 6.06. The lowest BCUT2D eigenvalue weighted by molar-refractivity contribution is -0.137. The molecule has 0 aliphatic rings. The number of anilines is 1. The Balaban J connectivity index is 2.15. The first kappa shape index (κ1) is 13.9. The Labute approximate surface area is 116 Å². The Morgan fingerprint density at radius 2 is 2.05 bits per heavy atom. The van der Waals surface area contributed by atoms with Crippen LogP contribution < -0.4 is 5.32 Å². The Morgan fingerprint density at radius 3 is 2.75 bits per heavy atom. The third-order valence-corrected chi connectivity index (χ3v) is 2.96. The highest BCUT2D eigenvalue weighted by Crippen LogP contribution is 2.13. The lowest BCUT2D eigenvalue weighted by atomic mass is 10.1. The smallest absolute Gasteiger partial charge is 0.323 e. The molecule has 104 valence electrons. The summed E-state index contributed by atoms with van der Waals surface area (Å²) in [5, 5.41) is 11.6. The van der Waals surface area contributed by atoms with Gasteiger partial charge in [-0.2, -0.15) is 0 Å². The average molecular weight is 272 g/mol. The van der Waals surface area contributed by atoms with Crippen LogP contribution in [0.4, 0.5) is 5.69 Å². The number of carboxylic acid groups (broad SMARTS) is 1. The van der Waals surface area contributed by atoms with E-state index in [1.165, 1.54) is 4.57 Å². The van der Waals surface area contributed by atoms with Crippen molar-refractivity contribution in [3.05, 3.63) is 53.9 Å². The summed E-state index contributed by atoms with van der Waals surface area (Å²) in [6, 6.07) is 10.8. The number of benzene rings is 1. The molecule has 5 heteroatoms. The zero-order chi connectivity index (χ0) is 14.5. The molecule has 0 fully saturated rings. The van der Waals surface area contributed by atoms with Crippen LogP contribution in [0.1, 0.15) is 23.0 Å². The number of carboxylic acids is 1. The molecular weight excluding hydrogens is 256 g/mol. The van der Waals surface area contributed by atoms with Crippen molar-refractivity contribution in [2.24, 2.45) is 0 Å². The Bertz CT molecular complexity index is 632. The number of hydrogen-bond acceptors (Lipinski definition) is 2. The number of hydrogen-bond donors (Lipinski definition) is 2. The van der Waals surface area contributed by atoms with Crippen LogP contribution in [0.25, 0.3) is 0 Å². The van der Waals surface area contributed by atoms with E-state index in [-0.39, 0.29) is 12.5 Å². The molecule has 2 rings (SSSR count). The summed E-state index contributed by atoms with van der Waals surface area (Å²) in [5.74, 6) is -1.30. The van der Waals surface area contributed by atoms with Crippen LogP contribution in [-0.4, -0.2) is 21.6 Å². The molecule has 0 aliphatic carbocycles. The van der Waals surface area contributed by atoms with Gasteiger partial charge in [0.15, 0.2) is 0 Å². The van der Waals surface area contributed by atoms with Crippen molar-refractivity contribution in [2.75, 3.05) is 5.32 Å². The number of nitrogens with zero attached hydrogens (tertiary/aromatic N) is 1. The second-order valence-corrected chi connectivity index (χ2v) is 4.42. The molecule has 0 bridgehead atoms. The predicted molar refractivity (Wildman–Crippen MR) is 75.8 cm³/mol. The molecule has 0 unspecified atom stereocenters. The van der Waals surface area contributed by atoms with Gasteiger partial charge in [-0.3, -0.25) is 9.59 Å². The molecule has 0 radical (unpaired) electrons. The van der Waals surface area contributed by atoms with Crippen molar-refractivity contribution >= 4 is 17.6 Å². The highest BCUT2D eigenvalue weighted by Gasteiger charge is 2.12. The molecule has 2 N–H and O–H groups in total. The standard InChI is InChI=1S/C15H16N2O3/c1-2-11-5-3-6-12(9-11)16-15(20)13-7-4-8-17(13)10-14(18)19/h3-9H,2,10H2,1H3,(H,16,20)(H,18,19). The van der Waals surface area contributed by atoms with Crippen molar-refractivity contribution in [1.29, 1.82) is 0 Å². The number of amides is 1. The van der Waals surface area contributed by atoms with Crippen LogP contribution in [0.5, 0.6) is 0 Å². The molecule has 2 aromatic rings. The van der Waals surface area contributed by atoms with Crippen LogP contribution >= 0.6 is 0 Å². The maximum atomic E-state index is 12.2. The zero-order valence-electron chi connectivity index (χ0n) is 11.2. The van der Waals surface area contributed by atoms with Crippen LogP contribution in [0.3, 0.4) is 0 Å². The average Bonchev–Trinajstić information content (AvgIpc) is 2.86. The molecule has 0 saturated heterocycles. The molecule has 0 spiro atoms. The fourth-order valence-electron chi connectivity index (χ4n) is 1.97. The van der Waals surface area contributed by atoms with E-state index >= 15 is 0 Å². The van der Waals surface area contributed by atoms with Gasteiger partial charge in [0.25, 0.3) is 5.91 Å². The SMILES string of the molecule is CCc1cccc(NC(=O)c2cccn2CC(=O)O)c1. The van der Waals surface area contributed by atoms with Crippen LogP contribution in [-0.2, 0) is 17.8 Å². The summed E-state index contributed by atoms with van der Waals surface area (Å²) in [4.78, 5) is 22.9. The number of nitrogens with one attached hydrogen (secondary N) is 1. The van der Waals surface area contributed by atoms with E-state index in [1.54, 1.807) is 18.3 Å². The summed E-state index contributed by atoms with van der Waals surface area (Å²) in [6.07, 6.45) is 2.46. The summed E-state index contributed by atoms with van der Waals surface area (Å²) in [6.45, 7) is 1.81. The lowest BCUT2D eigenvalue weighted by Crippen LogP contribution is -2.19. The summed E-state index contributed by atoms with van der Waals surface area (Å²) in [7, 11) is 0. The minimum absolute atomic E-state index is 0.231. The van der Waals surface area contributed by atoms with E-state index in [0.717, 1.165) is 12.0 Å². The van der Waals surface area contributed by atoms with Crippen molar-refractivity contribution in [2.45, 2.75) is 19.9 Å². The van der Waals surface area contributed by atoms with Gasteiger partial charge in [-0.25, -0.2) is 0 Å². The molecule has 1 heterocycles. The quantitative estimate of drug-likeness (QED) is 0.877. The van der Waals surface area contributed by atoms with Crippen molar-refractivity contribution in [3.63, 3.8) is 0 Å². The number of aromatic nitrogens is 1. The zero-order valence-corrected chi connectivity index (χ0v) is 11.2. The van der Waals surface area contributed by atoms with Crippen LogP contribution in [0, 0.1) is 0 Å². The van der Waals surface area contributed by atoms with Gasteiger partial charge in [0.05, 0.1) is 0 Å². The summed E-state index contributed by atoms with van der Waals surface area (Å²) >= 11 is 0. The maximum absolute atomic E-state index is 12.2. The fourth-order valence-corrected chi connectivity index (χ4v) is 1.97. The Hall–Kier alpha value is -2.56. The van der Waals surface area contributed by atoms with Gasteiger partial charge in [-0.05, 0) is 36.2 Å². The highest BCUT2D eigenvalue weighted by molar-refractivity contribution is 6.03. The summed E-state index contributed by atoms with van der Waals surface area (Å²) < 4.78 is 1.40. The largest absolute Gasteiger partial charge is 0.480 e. The van der Waals surface area contributed by atoms with Gasteiger partial charge in [-0.15, -0.1) is 0 Å². The number of carbonyl (C=O) groups is 2. The van der Waals surface area contributed by atoms with Crippen LogP contribution in [0.15, 0.2) is 42.6 Å². The number of carbonyl (C=O) groups excluding carboxylic acids is 1. The van der Waals surface area contributed by atoms with Crippen molar-refractivity contribution in [1.82, 2.24) is 4.57 Å². The first-order valence-corrected chi connectivity index (χ1v) is 6.37. The predicted octanol–water partition coefficient (Wildman–Crippen LogP) is 2.39. The van der Waals surface area contributed by atoms with E-state index < -0.39 is 5.97 Å². The minimum Gasteiger partial charge on any atom is -0.480 e. The Kier molecular flexibility index (Phi) is 4.20. The number of rotatable bonds is 5. The van der Waals surface area contributed by atoms with E-state index in [0.29, 0.717) is 11.4 Å². The maximum Gasteiger partial charge on any atom is 0.323 e. The minimum atomic E-state index is -0.983. The lowest BCUT2D eigenvalue weighted by Gasteiger charge is -2.09. The van der Waals surface area contributed by atoms with E-state index in [2.05, 4.69) is 5.32 Å². The van der Waals surface area contributed by atoms with E-state index in [4.69, 9.17) is 5.11 Å². The van der Waals surface area contributed by atoms with Crippen LogP contribution in [0.2, 0.25) is 0 Å². The molecule has 1 aromatic carbocycles. The van der Waals surface area contributed by atoms with Crippen molar-refractivity contribution in [3.8, 4) is 0 Å². The van der Waals surface area contributed by atoms with Gasteiger partial charge >= 0.3 is 5.97 Å². The van der Waals surface area contributed by atoms with Gasteiger partial charge < -0.3 is 15.0 Å². The monoisotopic (exact) mass is 272 g/mol. The second-order valence-electron chi connectivity index (χ2n) is 4.42. The highest BCUT2D eigenvalue weighted by atomic mass is 16.4.